The number of nitrogen functional groups attached to an aromatic ring is 1. The second-order valence-corrected chi connectivity index (χ2v) is 5.47. The van der Waals surface area contributed by atoms with Crippen LogP contribution in [0.1, 0.15) is 13.3 Å². The first-order valence-corrected chi connectivity index (χ1v) is 7.34. The molecule has 0 spiro atoms. The SMILES string of the molecule is CCCn1c(N)c2nc(-c3cccs3)[nH]c(=O)c2nc1=O. The minimum atomic E-state index is -0.530. The van der Waals surface area contributed by atoms with Crippen LogP contribution in [0.4, 0.5) is 5.82 Å². The summed E-state index contributed by atoms with van der Waals surface area (Å²) in [5.74, 6) is 0.605. The summed E-state index contributed by atoms with van der Waals surface area (Å²) in [4.78, 5) is 35.6. The van der Waals surface area contributed by atoms with Crippen LogP contribution in [0.25, 0.3) is 21.7 Å². The number of H-pyrrole nitrogens is 1. The molecule has 3 aromatic rings. The Hall–Kier alpha value is -2.48. The Kier molecular flexibility index (Phi) is 3.30. The molecule has 0 unspecified atom stereocenters. The quantitative estimate of drug-likeness (QED) is 0.756. The highest BCUT2D eigenvalue weighted by Gasteiger charge is 2.14. The first-order valence-electron chi connectivity index (χ1n) is 6.46. The van der Waals surface area contributed by atoms with Gasteiger partial charge in [-0.15, -0.1) is 11.3 Å². The van der Waals surface area contributed by atoms with Crippen molar-refractivity contribution in [1.82, 2.24) is 19.5 Å². The van der Waals surface area contributed by atoms with E-state index in [4.69, 9.17) is 5.73 Å². The van der Waals surface area contributed by atoms with Crippen molar-refractivity contribution in [2.75, 3.05) is 5.73 Å². The molecule has 3 N–H and O–H groups in total. The fourth-order valence-corrected chi connectivity index (χ4v) is 2.78. The van der Waals surface area contributed by atoms with E-state index in [1.54, 1.807) is 0 Å². The van der Waals surface area contributed by atoms with E-state index >= 15 is 0 Å². The topological polar surface area (TPSA) is 107 Å². The third kappa shape index (κ3) is 2.23. The zero-order valence-electron chi connectivity index (χ0n) is 11.3. The minimum Gasteiger partial charge on any atom is -0.383 e. The van der Waals surface area contributed by atoms with Gasteiger partial charge >= 0.3 is 5.69 Å². The molecule has 0 atom stereocenters. The monoisotopic (exact) mass is 303 g/mol. The molecular formula is C13H13N5O2S. The maximum absolute atomic E-state index is 12.1. The van der Waals surface area contributed by atoms with Crippen LogP contribution in [0.5, 0.6) is 0 Å². The normalized spacial score (nSPS) is 11.1. The number of aromatic amines is 1. The van der Waals surface area contributed by atoms with E-state index in [2.05, 4.69) is 15.0 Å². The summed E-state index contributed by atoms with van der Waals surface area (Å²) in [6.07, 6.45) is 0.734. The lowest BCUT2D eigenvalue weighted by Gasteiger charge is -2.09. The Morgan fingerprint density at radius 2 is 2.14 bits per heavy atom. The van der Waals surface area contributed by atoms with Gasteiger partial charge < -0.3 is 10.7 Å². The molecule has 0 radical (unpaired) electrons. The summed E-state index contributed by atoms with van der Waals surface area (Å²) >= 11 is 1.45. The predicted molar refractivity (Wildman–Crippen MR) is 82.4 cm³/mol. The van der Waals surface area contributed by atoms with Gasteiger partial charge in [-0.2, -0.15) is 4.98 Å². The number of fused-ring (bicyclic) bond motifs is 1. The Morgan fingerprint density at radius 3 is 2.81 bits per heavy atom. The van der Waals surface area contributed by atoms with Crippen LogP contribution < -0.4 is 17.0 Å². The molecule has 0 aliphatic carbocycles. The maximum atomic E-state index is 12.1. The predicted octanol–water partition coefficient (Wildman–Crippen LogP) is 1.20. The van der Waals surface area contributed by atoms with Crippen LogP contribution in [0.3, 0.4) is 0 Å². The highest BCUT2D eigenvalue weighted by Crippen LogP contribution is 2.22. The summed E-state index contributed by atoms with van der Waals surface area (Å²) in [6, 6.07) is 3.71. The van der Waals surface area contributed by atoms with Crippen molar-refractivity contribution in [3.63, 3.8) is 0 Å². The maximum Gasteiger partial charge on any atom is 0.350 e. The van der Waals surface area contributed by atoms with Gasteiger partial charge in [0.05, 0.1) is 4.88 Å². The van der Waals surface area contributed by atoms with Gasteiger partial charge in [-0.3, -0.25) is 9.36 Å². The lowest BCUT2D eigenvalue weighted by Crippen LogP contribution is -2.28. The first-order chi connectivity index (χ1) is 10.1. The van der Waals surface area contributed by atoms with Crippen LogP contribution in [0, 0.1) is 0 Å². The van der Waals surface area contributed by atoms with Crippen molar-refractivity contribution in [2.24, 2.45) is 0 Å². The van der Waals surface area contributed by atoms with E-state index in [0.717, 1.165) is 11.3 Å². The molecule has 0 aliphatic rings. The number of thiophene rings is 1. The number of rotatable bonds is 3. The van der Waals surface area contributed by atoms with Gasteiger partial charge in [0.15, 0.2) is 11.3 Å². The number of hydrogen-bond donors (Lipinski definition) is 2. The van der Waals surface area contributed by atoms with E-state index in [0.29, 0.717) is 12.4 Å². The van der Waals surface area contributed by atoms with E-state index < -0.39 is 11.2 Å². The molecule has 3 aromatic heterocycles. The van der Waals surface area contributed by atoms with Gasteiger partial charge in [-0.25, -0.2) is 9.78 Å². The Bertz CT molecular complexity index is 911. The van der Waals surface area contributed by atoms with E-state index in [1.165, 1.54) is 15.9 Å². The third-order valence-electron chi connectivity index (χ3n) is 3.07. The Morgan fingerprint density at radius 1 is 1.33 bits per heavy atom. The highest BCUT2D eigenvalue weighted by atomic mass is 32.1. The van der Waals surface area contributed by atoms with Crippen molar-refractivity contribution in [2.45, 2.75) is 19.9 Å². The molecule has 0 aliphatic heterocycles. The molecule has 7 nitrogen and oxygen atoms in total. The molecule has 21 heavy (non-hydrogen) atoms. The fourth-order valence-electron chi connectivity index (χ4n) is 2.11. The molecule has 0 amide bonds. The number of nitrogens with zero attached hydrogens (tertiary/aromatic N) is 3. The first kappa shape index (κ1) is 13.5. The van der Waals surface area contributed by atoms with Crippen molar-refractivity contribution in [1.29, 1.82) is 0 Å². The van der Waals surface area contributed by atoms with Crippen LogP contribution in [0.2, 0.25) is 0 Å². The Labute approximate surface area is 123 Å². The van der Waals surface area contributed by atoms with Crippen molar-refractivity contribution >= 4 is 28.2 Å². The van der Waals surface area contributed by atoms with E-state index in [1.807, 2.05) is 24.4 Å². The second-order valence-electron chi connectivity index (χ2n) is 4.52. The lowest BCUT2D eigenvalue weighted by atomic mass is 10.3. The van der Waals surface area contributed by atoms with Gasteiger partial charge in [-0.05, 0) is 17.9 Å². The number of nitrogens with two attached hydrogens (primary N) is 1. The van der Waals surface area contributed by atoms with Crippen molar-refractivity contribution in [3.05, 3.63) is 38.4 Å². The molecule has 108 valence electrons. The molecule has 0 bridgehead atoms. The van der Waals surface area contributed by atoms with Crippen LogP contribution >= 0.6 is 11.3 Å². The fraction of sp³-hybridized carbons (Fsp3) is 0.231. The number of hydrogen-bond acceptors (Lipinski definition) is 6. The smallest absolute Gasteiger partial charge is 0.350 e. The summed E-state index contributed by atoms with van der Waals surface area (Å²) < 4.78 is 1.34. The molecule has 0 saturated heterocycles. The summed E-state index contributed by atoms with van der Waals surface area (Å²) in [5.41, 5.74) is 5.25. The minimum absolute atomic E-state index is 0.0230. The molecule has 0 fully saturated rings. The molecule has 8 heteroatoms. The molecule has 0 aromatic carbocycles. The number of aromatic nitrogens is 4. The lowest BCUT2D eigenvalue weighted by molar-refractivity contribution is 0.649. The second kappa shape index (κ2) is 5.13. The highest BCUT2D eigenvalue weighted by molar-refractivity contribution is 7.13. The molecular weight excluding hydrogens is 290 g/mol. The average molecular weight is 303 g/mol. The summed E-state index contributed by atoms with van der Waals surface area (Å²) in [7, 11) is 0. The van der Waals surface area contributed by atoms with Crippen molar-refractivity contribution in [3.8, 4) is 10.7 Å². The van der Waals surface area contributed by atoms with Gasteiger partial charge in [0.2, 0.25) is 0 Å². The zero-order chi connectivity index (χ0) is 15.0. The molecule has 0 saturated carbocycles. The van der Waals surface area contributed by atoms with Crippen LogP contribution in [0.15, 0.2) is 27.1 Å². The number of anilines is 1. The zero-order valence-corrected chi connectivity index (χ0v) is 12.1. The van der Waals surface area contributed by atoms with E-state index in [-0.39, 0.29) is 16.9 Å². The van der Waals surface area contributed by atoms with Crippen LogP contribution in [-0.2, 0) is 6.54 Å². The molecule has 3 rings (SSSR count). The van der Waals surface area contributed by atoms with Crippen LogP contribution in [-0.4, -0.2) is 19.5 Å². The largest absolute Gasteiger partial charge is 0.383 e. The molecule has 3 heterocycles. The number of nitrogens with one attached hydrogen (secondary N) is 1. The average Bonchev–Trinajstić information content (AvgIpc) is 2.98. The Balaban J connectivity index is 2.35. The van der Waals surface area contributed by atoms with Gasteiger partial charge in [0.25, 0.3) is 5.56 Å². The van der Waals surface area contributed by atoms with Gasteiger partial charge in [0, 0.05) is 6.54 Å². The third-order valence-corrected chi connectivity index (χ3v) is 3.95. The van der Waals surface area contributed by atoms with Gasteiger partial charge in [0.1, 0.15) is 11.3 Å². The summed E-state index contributed by atoms with van der Waals surface area (Å²) in [6.45, 7) is 2.37. The van der Waals surface area contributed by atoms with Crippen molar-refractivity contribution < 1.29 is 0 Å². The summed E-state index contributed by atoms with van der Waals surface area (Å²) in [5, 5.41) is 1.89. The van der Waals surface area contributed by atoms with E-state index in [9.17, 15) is 9.59 Å². The standard InChI is InChI=1S/C13H13N5O2S/c1-2-5-18-10(14)8-9(16-13(18)20)12(19)17-11(15-8)7-4-3-6-21-7/h3-4,6H,2,5,14H2,1H3,(H,15,17,19). The van der Waals surface area contributed by atoms with Gasteiger partial charge in [-0.1, -0.05) is 13.0 Å².